The van der Waals surface area contributed by atoms with Gasteiger partial charge >= 0.3 is 0 Å². The first kappa shape index (κ1) is 21.2. The molecule has 4 aromatic rings. The molecule has 2 heterocycles. The lowest BCUT2D eigenvalue weighted by molar-refractivity contribution is -0.126. The molecule has 32 heavy (non-hydrogen) atoms. The molecule has 0 aliphatic carbocycles. The van der Waals surface area contributed by atoms with Gasteiger partial charge in [0.05, 0.1) is 28.8 Å². The molecule has 0 saturated carbocycles. The number of para-hydroxylation sites is 2. The predicted octanol–water partition coefficient (Wildman–Crippen LogP) is 3.79. The van der Waals surface area contributed by atoms with Crippen LogP contribution in [0.2, 0.25) is 0 Å². The summed E-state index contributed by atoms with van der Waals surface area (Å²) in [6.07, 6.45) is 3.35. The van der Waals surface area contributed by atoms with E-state index in [4.69, 9.17) is 0 Å². The third kappa shape index (κ3) is 4.23. The molecule has 0 radical (unpaired) electrons. The molecule has 2 aromatic heterocycles. The van der Waals surface area contributed by atoms with Crippen LogP contribution in [0, 0.1) is 13.8 Å². The second-order valence-corrected chi connectivity index (χ2v) is 7.55. The maximum Gasteiger partial charge on any atom is 0.258 e. The van der Waals surface area contributed by atoms with E-state index in [1.165, 1.54) is 0 Å². The number of hydrogen-bond acceptors (Lipinski definition) is 4. The number of H-pyrrole nitrogens is 1. The van der Waals surface area contributed by atoms with E-state index in [9.17, 15) is 9.59 Å². The van der Waals surface area contributed by atoms with E-state index in [0.29, 0.717) is 23.3 Å². The molecule has 0 aliphatic heterocycles. The van der Waals surface area contributed by atoms with Crippen LogP contribution in [0.3, 0.4) is 0 Å². The fraction of sp³-hybridized carbons (Fsp3) is 0.200. The van der Waals surface area contributed by atoms with Gasteiger partial charge in [0, 0.05) is 23.9 Å². The fourth-order valence-corrected chi connectivity index (χ4v) is 3.71. The molecule has 0 saturated heterocycles. The van der Waals surface area contributed by atoms with E-state index < -0.39 is 0 Å². The standard InChI is InChI=1S/C25H25N5O2/c1-4-29(16-23-26-22-13-9-8-12-21(22)25(32)27-23)24(31)15-14-20-17(2)28-30(18(20)3)19-10-6-5-7-11-19/h5-15H,4,16H2,1-3H3,(H,26,27,32). The van der Waals surface area contributed by atoms with Crippen LogP contribution in [-0.4, -0.2) is 37.1 Å². The van der Waals surface area contributed by atoms with Crippen molar-refractivity contribution < 1.29 is 4.79 Å². The second kappa shape index (κ2) is 9.01. The lowest BCUT2D eigenvalue weighted by Crippen LogP contribution is -2.30. The Kier molecular flexibility index (Phi) is 5.98. The first-order valence-electron chi connectivity index (χ1n) is 10.5. The Morgan fingerprint density at radius 3 is 2.56 bits per heavy atom. The summed E-state index contributed by atoms with van der Waals surface area (Å²) in [5.41, 5.74) is 4.10. The Labute approximate surface area is 186 Å². The smallest absolute Gasteiger partial charge is 0.258 e. The summed E-state index contributed by atoms with van der Waals surface area (Å²) in [6, 6.07) is 17.1. The number of likely N-dealkylation sites (N-methyl/N-ethyl adjacent to an activating group) is 1. The number of amides is 1. The zero-order valence-corrected chi connectivity index (χ0v) is 18.4. The Morgan fingerprint density at radius 1 is 1.09 bits per heavy atom. The van der Waals surface area contributed by atoms with E-state index >= 15 is 0 Å². The number of carbonyl (C=O) groups excluding carboxylic acids is 1. The predicted molar refractivity (Wildman–Crippen MR) is 126 cm³/mol. The molecule has 0 bridgehead atoms. The molecule has 2 aromatic carbocycles. The number of aryl methyl sites for hydroxylation is 1. The monoisotopic (exact) mass is 427 g/mol. The van der Waals surface area contributed by atoms with Crippen molar-refractivity contribution in [1.29, 1.82) is 0 Å². The Hall–Kier alpha value is -4.00. The SMILES string of the molecule is CCN(Cc1nc2ccccc2c(=O)[nH]1)C(=O)C=Cc1c(C)nn(-c2ccccc2)c1C. The molecule has 0 atom stereocenters. The molecular formula is C25H25N5O2. The maximum absolute atomic E-state index is 12.9. The third-order valence-electron chi connectivity index (χ3n) is 5.44. The van der Waals surface area contributed by atoms with E-state index in [1.54, 1.807) is 35.3 Å². The minimum Gasteiger partial charge on any atom is -0.332 e. The van der Waals surface area contributed by atoms with Crippen LogP contribution in [0.15, 0.2) is 65.5 Å². The average Bonchev–Trinajstić information content (AvgIpc) is 3.09. The van der Waals surface area contributed by atoms with Crippen LogP contribution < -0.4 is 5.56 Å². The van der Waals surface area contributed by atoms with Crippen molar-refractivity contribution in [3.63, 3.8) is 0 Å². The van der Waals surface area contributed by atoms with Gasteiger partial charge < -0.3 is 9.88 Å². The van der Waals surface area contributed by atoms with E-state index in [-0.39, 0.29) is 18.0 Å². The average molecular weight is 428 g/mol. The van der Waals surface area contributed by atoms with E-state index in [1.807, 2.05) is 61.9 Å². The summed E-state index contributed by atoms with van der Waals surface area (Å²) >= 11 is 0. The van der Waals surface area contributed by atoms with Crippen molar-refractivity contribution in [3.8, 4) is 5.69 Å². The van der Waals surface area contributed by atoms with Gasteiger partial charge in [-0.05, 0) is 51.1 Å². The zero-order chi connectivity index (χ0) is 22.7. The van der Waals surface area contributed by atoms with Gasteiger partial charge in [0.1, 0.15) is 5.82 Å². The van der Waals surface area contributed by atoms with Crippen molar-refractivity contribution in [2.75, 3.05) is 6.54 Å². The van der Waals surface area contributed by atoms with Gasteiger partial charge in [-0.2, -0.15) is 5.10 Å². The lowest BCUT2D eigenvalue weighted by atomic mass is 10.1. The Bertz CT molecular complexity index is 1350. The highest BCUT2D eigenvalue weighted by Gasteiger charge is 2.14. The van der Waals surface area contributed by atoms with E-state index in [0.717, 1.165) is 22.6 Å². The maximum atomic E-state index is 12.9. The second-order valence-electron chi connectivity index (χ2n) is 7.55. The molecule has 0 fully saturated rings. The number of rotatable bonds is 6. The molecular weight excluding hydrogens is 402 g/mol. The highest BCUT2D eigenvalue weighted by molar-refractivity contribution is 5.92. The molecule has 7 heteroatoms. The van der Waals surface area contributed by atoms with Crippen LogP contribution in [-0.2, 0) is 11.3 Å². The molecule has 0 aliphatic rings. The fourth-order valence-electron chi connectivity index (χ4n) is 3.71. The molecule has 0 unspecified atom stereocenters. The molecule has 1 amide bonds. The van der Waals surface area contributed by atoms with Gasteiger partial charge in [-0.1, -0.05) is 30.3 Å². The first-order valence-corrected chi connectivity index (χ1v) is 10.5. The van der Waals surface area contributed by atoms with Crippen LogP contribution in [0.25, 0.3) is 22.7 Å². The molecule has 162 valence electrons. The number of hydrogen-bond donors (Lipinski definition) is 1. The van der Waals surface area contributed by atoms with Crippen LogP contribution in [0.4, 0.5) is 0 Å². The summed E-state index contributed by atoms with van der Waals surface area (Å²) in [4.78, 5) is 34.1. The summed E-state index contributed by atoms with van der Waals surface area (Å²) in [6.45, 7) is 6.52. The number of aromatic nitrogens is 4. The Balaban J connectivity index is 1.55. The number of benzene rings is 2. The quantitative estimate of drug-likeness (QED) is 0.475. The third-order valence-corrected chi connectivity index (χ3v) is 5.44. The van der Waals surface area contributed by atoms with Crippen LogP contribution in [0.5, 0.6) is 0 Å². The van der Waals surface area contributed by atoms with Gasteiger partial charge in [-0.3, -0.25) is 9.59 Å². The zero-order valence-electron chi connectivity index (χ0n) is 18.4. The van der Waals surface area contributed by atoms with Crippen molar-refractivity contribution >= 4 is 22.9 Å². The summed E-state index contributed by atoms with van der Waals surface area (Å²) in [7, 11) is 0. The largest absolute Gasteiger partial charge is 0.332 e. The van der Waals surface area contributed by atoms with Gasteiger partial charge in [-0.25, -0.2) is 9.67 Å². The van der Waals surface area contributed by atoms with Gasteiger partial charge in [0.2, 0.25) is 5.91 Å². The van der Waals surface area contributed by atoms with Gasteiger partial charge in [-0.15, -0.1) is 0 Å². The first-order chi connectivity index (χ1) is 15.5. The molecule has 7 nitrogen and oxygen atoms in total. The number of nitrogens with one attached hydrogen (secondary N) is 1. The molecule has 1 N–H and O–H groups in total. The highest BCUT2D eigenvalue weighted by atomic mass is 16.2. The summed E-state index contributed by atoms with van der Waals surface area (Å²) in [5, 5.41) is 5.15. The van der Waals surface area contributed by atoms with E-state index in [2.05, 4.69) is 15.1 Å². The highest BCUT2D eigenvalue weighted by Crippen LogP contribution is 2.19. The summed E-state index contributed by atoms with van der Waals surface area (Å²) < 4.78 is 1.88. The Morgan fingerprint density at radius 2 is 1.81 bits per heavy atom. The normalized spacial score (nSPS) is 11.3. The number of fused-ring (bicyclic) bond motifs is 1. The number of aromatic amines is 1. The van der Waals surface area contributed by atoms with Crippen molar-refractivity contribution in [2.24, 2.45) is 0 Å². The van der Waals surface area contributed by atoms with Crippen molar-refractivity contribution in [1.82, 2.24) is 24.6 Å². The van der Waals surface area contributed by atoms with Crippen molar-refractivity contribution in [3.05, 3.63) is 93.8 Å². The minimum atomic E-state index is -0.204. The van der Waals surface area contributed by atoms with Gasteiger partial charge in [0.15, 0.2) is 0 Å². The topological polar surface area (TPSA) is 83.9 Å². The van der Waals surface area contributed by atoms with Crippen LogP contribution in [0.1, 0.15) is 29.7 Å². The molecule has 0 spiro atoms. The minimum absolute atomic E-state index is 0.158. The number of nitrogens with zero attached hydrogens (tertiary/aromatic N) is 4. The molecule has 4 rings (SSSR count). The lowest BCUT2D eigenvalue weighted by Gasteiger charge is -2.18. The number of carbonyl (C=O) groups is 1. The summed E-state index contributed by atoms with van der Waals surface area (Å²) in [5.74, 6) is 0.302. The van der Waals surface area contributed by atoms with Crippen LogP contribution >= 0.6 is 0 Å². The van der Waals surface area contributed by atoms with Crippen molar-refractivity contribution in [2.45, 2.75) is 27.3 Å². The van der Waals surface area contributed by atoms with Gasteiger partial charge in [0.25, 0.3) is 5.56 Å².